The molecule has 19 heavy (non-hydrogen) atoms. The second kappa shape index (κ2) is 3.74. The van der Waals surface area contributed by atoms with Crippen molar-refractivity contribution in [3.63, 3.8) is 0 Å². The molecule has 2 aromatic rings. The van der Waals surface area contributed by atoms with Crippen LogP contribution in [0.3, 0.4) is 0 Å². The van der Waals surface area contributed by atoms with E-state index in [-0.39, 0.29) is 5.69 Å². The standard InChI is InChI=1S/C11H10FN5O2/c1-15-5-8-10(14-16(2)13-8)7-3-6(12)4-9(11(7)15)17(18)19/h3-4H,5H2,1-2H3. The molecule has 1 aliphatic heterocycles. The van der Waals surface area contributed by atoms with Crippen LogP contribution >= 0.6 is 0 Å². The maximum Gasteiger partial charge on any atom is 0.296 e. The number of nitro benzene ring substituents is 1. The Bertz CT molecular complexity index is 697. The first-order valence-electron chi connectivity index (χ1n) is 5.57. The van der Waals surface area contributed by atoms with Gasteiger partial charge in [-0.1, -0.05) is 0 Å². The summed E-state index contributed by atoms with van der Waals surface area (Å²) in [4.78, 5) is 13.5. The second-order valence-corrected chi connectivity index (χ2v) is 4.42. The molecule has 1 aliphatic rings. The first kappa shape index (κ1) is 11.6. The van der Waals surface area contributed by atoms with Crippen molar-refractivity contribution in [3.05, 3.63) is 33.8 Å². The van der Waals surface area contributed by atoms with Crippen molar-refractivity contribution in [2.45, 2.75) is 6.54 Å². The van der Waals surface area contributed by atoms with E-state index in [9.17, 15) is 14.5 Å². The molecule has 0 spiro atoms. The number of hydrogen-bond donors (Lipinski definition) is 0. The minimum absolute atomic E-state index is 0.256. The Morgan fingerprint density at radius 2 is 2.11 bits per heavy atom. The Balaban J connectivity index is 2.35. The molecule has 0 amide bonds. The van der Waals surface area contributed by atoms with Gasteiger partial charge < -0.3 is 4.90 Å². The summed E-state index contributed by atoms with van der Waals surface area (Å²) >= 11 is 0. The average molecular weight is 263 g/mol. The van der Waals surface area contributed by atoms with Gasteiger partial charge >= 0.3 is 0 Å². The van der Waals surface area contributed by atoms with Gasteiger partial charge in [0.1, 0.15) is 22.9 Å². The summed E-state index contributed by atoms with van der Waals surface area (Å²) in [7, 11) is 3.37. The monoisotopic (exact) mass is 263 g/mol. The summed E-state index contributed by atoms with van der Waals surface area (Å²) in [6, 6.07) is 2.18. The molecule has 0 aliphatic carbocycles. The van der Waals surface area contributed by atoms with Crippen LogP contribution in [0.4, 0.5) is 15.8 Å². The van der Waals surface area contributed by atoms with E-state index < -0.39 is 10.7 Å². The number of aromatic nitrogens is 3. The van der Waals surface area contributed by atoms with Crippen LogP contribution in [0.15, 0.2) is 12.1 Å². The number of anilines is 1. The lowest BCUT2D eigenvalue weighted by Crippen LogP contribution is -2.23. The zero-order valence-electron chi connectivity index (χ0n) is 10.3. The second-order valence-electron chi connectivity index (χ2n) is 4.42. The van der Waals surface area contributed by atoms with E-state index in [2.05, 4.69) is 10.2 Å². The predicted octanol–water partition coefficient (Wildman–Crippen LogP) is 1.48. The van der Waals surface area contributed by atoms with E-state index in [0.717, 1.165) is 6.07 Å². The van der Waals surface area contributed by atoms with Crippen molar-refractivity contribution in [3.8, 4) is 11.3 Å². The van der Waals surface area contributed by atoms with Gasteiger partial charge in [-0.2, -0.15) is 15.0 Å². The highest BCUT2D eigenvalue weighted by Gasteiger charge is 2.31. The molecule has 0 unspecified atom stereocenters. The molecule has 0 saturated heterocycles. The van der Waals surface area contributed by atoms with Gasteiger partial charge in [-0.3, -0.25) is 10.1 Å². The Morgan fingerprint density at radius 1 is 1.37 bits per heavy atom. The fourth-order valence-electron chi connectivity index (χ4n) is 2.37. The predicted molar refractivity (Wildman–Crippen MR) is 65.2 cm³/mol. The van der Waals surface area contributed by atoms with Gasteiger partial charge in [0.15, 0.2) is 0 Å². The van der Waals surface area contributed by atoms with Crippen LogP contribution in [0.1, 0.15) is 5.69 Å². The molecule has 7 nitrogen and oxygen atoms in total. The van der Waals surface area contributed by atoms with Crippen LogP contribution < -0.4 is 4.90 Å². The topological polar surface area (TPSA) is 77.1 Å². The zero-order chi connectivity index (χ0) is 13.7. The number of rotatable bonds is 1. The Kier molecular flexibility index (Phi) is 2.28. The Labute approximate surface area is 107 Å². The third-order valence-electron chi connectivity index (χ3n) is 3.06. The largest absolute Gasteiger partial charge is 0.362 e. The van der Waals surface area contributed by atoms with Crippen molar-refractivity contribution in [1.82, 2.24) is 15.0 Å². The van der Waals surface area contributed by atoms with Gasteiger partial charge in [0.2, 0.25) is 0 Å². The summed E-state index contributed by atoms with van der Waals surface area (Å²) < 4.78 is 13.6. The molecule has 2 heterocycles. The van der Waals surface area contributed by atoms with Crippen LogP contribution in [0, 0.1) is 15.9 Å². The Morgan fingerprint density at radius 3 is 2.79 bits per heavy atom. The summed E-state index contributed by atoms with van der Waals surface area (Å²) in [5.74, 6) is -0.655. The molecule has 0 N–H and O–H groups in total. The molecule has 98 valence electrons. The van der Waals surface area contributed by atoms with Crippen molar-refractivity contribution in [1.29, 1.82) is 0 Å². The Hall–Kier alpha value is -2.51. The van der Waals surface area contributed by atoms with Crippen molar-refractivity contribution in [2.24, 2.45) is 7.05 Å². The fraction of sp³-hybridized carbons (Fsp3) is 0.273. The number of benzene rings is 1. The maximum atomic E-state index is 13.6. The highest BCUT2D eigenvalue weighted by atomic mass is 19.1. The number of aryl methyl sites for hydroxylation is 1. The van der Waals surface area contributed by atoms with Crippen LogP contribution in [-0.4, -0.2) is 27.0 Å². The van der Waals surface area contributed by atoms with Gasteiger partial charge in [-0.05, 0) is 6.07 Å². The lowest BCUT2D eigenvalue weighted by Gasteiger charge is -2.25. The normalized spacial score (nSPS) is 13.1. The maximum absolute atomic E-state index is 13.6. The molecule has 3 rings (SSSR count). The smallest absolute Gasteiger partial charge is 0.296 e. The molecule has 0 saturated carbocycles. The molecular formula is C11H10FN5O2. The van der Waals surface area contributed by atoms with Crippen LogP contribution in [0.25, 0.3) is 11.3 Å². The van der Waals surface area contributed by atoms with Gasteiger partial charge in [0, 0.05) is 19.7 Å². The van der Waals surface area contributed by atoms with E-state index in [1.54, 1.807) is 19.0 Å². The fourth-order valence-corrected chi connectivity index (χ4v) is 2.37. The quantitative estimate of drug-likeness (QED) is 0.575. The van der Waals surface area contributed by atoms with E-state index in [0.29, 0.717) is 29.2 Å². The molecular weight excluding hydrogens is 253 g/mol. The van der Waals surface area contributed by atoms with Crippen molar-refractivity contribution < 1.29 is 9.31 Å². The number of nitrogens with zero attached hydrogens (tertiary/aromatic N) is 5. The van der Waals surface area contributed by atoms with E-state index in [4.69, 9.17) is 0 Å². The van der Waals surface area contributed by atoms with Crippen molar-refractivity contribution in [2.75, 3.05) is 11.9 Å². The molecule has 0 fully saturated rings. The highest BCUT2D eigenvalue weighted by Crippen LogP contribution is 2.42. The number of halogens is 1. The minimum atomic E-state index is -0.655. The molecule has 1 aromatic heterocycles. The van der Waals surface area contributed by atoms with Gasteiger partial charge in [0.05, 0.1) is 17.5 Å². The summed E-state index contributed by atoms with van der Waals surface area (Å²) in [6.07, 6.45) is 0. The SMILES string of the molecule is CN1Cc2nn(C)nc2-c2cc(F)cc([N+](=O)[O-])c21. The van der Waals surface area contributed by atoms with E-state index in [1.165, 1.54) is 10.9 Å². The third-order valence-corrected chi connectivity index (χ3v) is 3.06. The third kappa shape index (κ3) is 1.64. The van der Waals surface area contributed by atoms with Gasteiger partial charge in [-0.15, -0.1) is 0 Å². The van der Waals surface area contributed by atoms with Gasteiger partial charge in [0.25, 0.3) is 5.69 Å². The first-order chi connectivity index (χ1) is 8.97. The van der Waals surface area contributed by atoms with E-state index in [1.807, 2.05) is 0 Å². The lowest BCUT2D eigenvalue weighted by molar-refractivity contribution is -0.384. The highest BCUT2D eigenvalue weighted by molar-refractivity contribution is 5.86. The molecule has 0 atom stereocenters. The van der Waals surface area contributed by atoms with Gasteiger partial charge in [-0.25, -0.2) is 4.39 Å². The summed E-state index contributed by atoms with van der Waals surface area (Å²) in [6.45, 7) is 0.405. The summed E-state index contributed by atoms with van der Waals surface area (Å²) in [5, 5.41) is 19.4. The van der Waals surface area contributed by atoms with Crippen LogP contribution in [0.5, 0.6) is 0 Å². The number of nitro groups is 1. The number of fused-ring (bicyclic) bond motifs is 3. The van der Waals surface area contributed by atoms with E-state index >= 15 is 0 Å². The zero-order valence-corrected chi connectivity index (χ0v) is 10.3. The molecule has 1 aromatic carbocycles. The van der Waals surface area contributed by atoms with Crippen molar-refractivity contribution >= 4 is 11.4 Å². The molecule has 0 radical (unpaired) electrons. The first-order valence-corrected chi connectivity index (χ1v) is 5.57. The summed E-state index contributed by atoms with van der Waals surface area (Å²) in [5.41, 5.74) is 1.70. The minimum Gasteiger partial charge on any atom is -0.362 e. The molecule has 0 bridgehead atoms. The molecule has 8 heteroatoms. The lowest BCUT2D eigenvalue weighted by atomic mass is 10.0. The average Bonchev–Trinajstić information content (AvgIpc) is 2.68. The van der Waals surface area contributed by atoms with Crippen LogP contribution in [0.2, 0.25) is 0 Å². The van der Waals surface area contributed by atoms with Crippen LogP contribution in [-0.2, 0) is 13.6 Å². The number of hydrogen-bond acceptors (Lipinski definition) is 5.